The van der Waals surface area contributed by atoms with Gasteiger partial charge in [0.2, 0.25) is 0 Å². The third-order valence-electron chi connectivity index (χ3n) is 1.51. The second kappa shape index (κ2) is 2.13. The van der Waals surface area contributed by atoms with Gasteiger partial charge in [-0.05, 0) is 6.07 Å². The van der Waals surface area contributed by atoms with E-state index in [0.717, 1.165) is 10.9 Å². The fraction of sp³-hybridized carbons (Fsp3) is 0. The molecule has 56 valence electrons. The molecule has 0 unspecified atom stereocenters. The number of hydrogen-bond acceptors (Lipinski definition) is 2. The second-order valence-electron chi connectivity index (χ2n) is 2.26. The number of halogens is 1. The summed E-state index contributed by atoms with van der Waals surface area (Å²) in [5.74, 6) is 0.0726. The molecule has 0 bridgehead atoms. The van der Waals surface area contributed by atoms with E-state index in [-0.39, 0.29) is 5.75 Å². The van der Waals surface area contributed by atoms with Gasteiger partial charge in [-0.15, -0.1) is 0 Å². The summed E-state index contributed by atoms with van der Waals surface area (Å²) < 4.78 is 0. The van der Waals surface area contributed by atoms with E-state index in [1.807, 2.05) is 0 Å². The van der Waals surface area contributed by atoms with Crippen LogP contribution in [0.4, 0.5) is 0 Å². The molecular formula is C7H5ClN2O. The summed E-state index contributed by atoms with van der Waals surface area (Å²) >= 11 is 5.65. The Hall–Kier alpha value is -1.22. The number of H-pyrrole nitrogens is 1. The summed E-state index contributed by atoms with van der Waals surface area (Å²) in [6.07, 6.45) is 1.65. The first-order valence-electron chi connectivity index (χ1n) is 3.09. The summed E-state index contributed by atoms with van der Waals surface area (Å²) in [4.78, 5) is 0. The first kappa shape index (κ1) is 6.49. The highest BCUT2D eigenvalue weighted by Crippen LogP contribution is 2.27. The van der Waals surface area contributed by atoms with Crippen molar-refractivity contribution in [3.63, 3.8) is 0 Å². The zero-order valence-electron chi connectivity index (χ0n) is 5.50. The molecule has 0 aliphatic carbocycles. The molecule has 1 aromatic heterocycles. The maximum atomic E-state index is 9.16. The lowest BCUT2D eigenvalue weighted by atomic mass is 10.2. The van der Waals surface area contributed by atoms with E-state index in [1.165, 1.54) is 0 Å². The Balaban J connectivity index is 2.86. The Kier molecular flexibility index (Phi) is 1.26. The van der Waals surface area contributed by atoms with Crippen LogP contribution in [0.5, 0.6) is 5.75 Å². The SMILES string of the molecule is Oc1cc2[nH]ncc2cc1Cl. The summed E-state index contributed by atoms with van der Waals surface area (Å²) in [5, 5.41) is 16.9. The highest BCUT2D eigenvalue weighted by atomic mass is 35.5. The van der Waals surface area contributed by atoms with Gasteiger partial charge in [0, 0.05) is 11.5 Å². The van der Waals surface area contributed by atoms with Gasteiger partial charge in [-0.2, -0.15) is 5.10 Å². The van der Waals surface area contributed by atoms with E-state index in [2.05, 4.69) is 10.2 Å². The number of rotatable bonds is 0. The van der Waals surface area contributed by atoms with Crippen LogP contribution < -0.4 is 0 Å². The molecule has 4 heteroatoms. The Morgan fingerprint density at radius 2 is 2.27 bits per heavy atom. The van der Waals surface area contributed by atoms with Crippen molar-refractivity contribution in [2.24, 2.45) is 0 Å². The third kappa shape index (κ3) is 0.935. The van der Waals surface area contributed by atoms with Crippen LogP contribution in [0, 0.1) is 0 Å². The van der Waals surface area contributed by atoms with Crippen LogP contribution in [-0.2, 0) is 0 Å². The molecule has 0 aliphatic heterocycles. The molecule has 2 rings (SSSR count). The zero-order chi connectivity index (χ0) is 7.84. The predicted molar refractivity (Wildman–Crippen MR) is 42.8 cm³/mol. The van der Waals surface area contributed by atoms with Gasteiger partial charge in [-0.1, -0.05) is 11.6 Å². The average molecular weight is 169 g/mol. The predicted octanol–water partition coefficient (Wildman–Crippen LogP) is 1.92. The van der Waals surface area contributed by atoms with Crippen molar-refractivity contribution in [3.8, 4) is 5.75 Å². The lowest BCUT2D eigenvalue weighted by Gasteiger charge is -1.94. The van der Waals surface area contributed by atoms with Gasteiger partial charge in [-0.25, -0.2) is 0 Å². The quantitative estimate of drug-likeness (QED) is 0.632. The molecule has 0 radical (unpaired) electrons. The van der Waals surface area contributed by atoms with E-state index < -0.39 is 0 Å². The minimum absolute atomic E-state index is 0.0726. The van der Waals surface area contributed by atoms with Crippen molar-refractivity contribution >= 4 is 22.5 Å². The van der Waals surface area contributed by atoms with Crippen LogP contribution in [0.2, 0.25) is 5.02 Å². The number of aromatic amines is 1. The Labute approximate surface area is 67.6 Å². The van der Waals surface area contributed by atoms with Gasteiger partial charge >= 0.3 is 0 Å². The molecule has 1 aromatic carbocycles. The minimum atomic E-state index is 0.0726. The lowest BCUT2D eigenvalue weighted by molar-refractivity contribution is 0.476. The number of nitrogens with one attached hydrogen (secondary N) is 1. The minimum Gasteiger partial charge on any atom is -0.506 e. The van der Waals surface area contributed by atoms with E-state index in [0.29, 0.717) is 5.02 Å². The first-order chi connectivity index (χ1) is 5.27. The number of benzene rings is 1. The third-order valence-corrected chi connectivity index (χ3v) is 1.81. The average Bonchev–Trinajstić information content (AvgIpc) is 2.36. The summed E-state index contributed by atoms with van der Waals surface area (Å²) in [5.41, 5.74) is 0.784. The number of nitrogens with zero attached hydrogens (tertiary/aromatic N) is 1. The first-order valence-corrected chi connectivity index (χ1v) is 3.47. The van der Waals surface area contributed by atoms with E-state index >= 15 is 0 Å². The number of aromatic hydroxyl groups is 1. The number of hydrogen-bond donors (Lipinski definition) is 2. The maximum absolute atomic E-state index is 9.16. The molecule has 2 N–H and O–H groups in total. The van der Waals surface area contributed by atoms with Crippen LogP contribution in [-0.4, -0.2) is 15.3 Å². The number of fused-ring (bicyclic) bond motifs is 1. The standard InChI is InChI=1S/C7H5ClN2O/c8-5-1-4-3-9-10-6(4)2-7(5)11/h1-3,11H,(H,9,10). The van der Waals surface area contributed by atoms with E-state index in [9.17, 15) is 0 Å². The van der Waals surface area contributed by atoms with Crippen molar-refractivity contribution in [2.75, 3.05) is 0 Å². The van der Waals surface area contributed by atoms with Crippen molar-refractivity contribution in [1.82, 2.24) is 10.2 Å². The molecule has 1 heterocycles. The monoisotopic (exact) mass is 168 g/mol. The summed E-state index contributed by atoms with van der Waals surface area (Å²) in [7, 11) is 0. The van der Waals surface area contributed by atoms with Crippen molar-refractivity contribution < 1.29 is 5.11 Å². The number of phenols is 1. The summed E-state index contributed by atoms with van der Waals surface area (Å²) in [6.45, 7) is 0. The molecule has 0 aliphatic rings. The van der Waals surface area contributed by atoms with Gasteiger partial charge in [0.1, 0.15) is 5.75 Å². The van der Waals surface area contributed by atoms with Crippen molar-refractivity contribution in [1.29, 1.82) is 0 Å². The van der Waals surface area contributed by atoms with Gasteiger partial charge in [0.05, 0.1) is 16.7 Å². The fourth-order valence-corrected chi connectivity index (χ4v) is 1.12. The second-order valence-corrected chi connectivity index (χ2v) is 2.67. The number of aromatic nitrogens is 2. The molecule has 0 spiro atoms. The molecule has 0 amide bonds. The van der Waals surface area contributed by atoms with E-state index in [4.69, 9.17) is 16.7 Å². The highest BCUT2D eigenvalue weighted by molar-refractivity contribution is 6.32. The van der Waals surface area contributed by atoms with Gasteiger partial charge in [0.25, 0.3) is 0 Å². The van der Waals surface area contributed by atoms with Gasteiger partial charge in [0.15, 0.2) is 0 Å². The van der Waals surface area contributed by atoms with Crippen LogP contribution >= 0.6 is 11.6 Å². The highest BCUT2D eigenvalue weighted by Gasteiger charge is 2.01. The summed E-state index contributed by atoms with van der Waals surface area (Å²) in [6, 6.07) is 3.21. The Morgan fingerprint density at radius 1 is 1.45 bits per heavy atom. The Morgan fingerprint density at radius 3 is 3.09 bits per heavy atom. The number of phenolic OH excluding ortho intramolecular Hbond substituents is 1. The normalized spacial score (nSPS) is 10.6. The van der Waals surface area contributed by atoms with Gasteiger partial charge in [-0.3, -0.25) is 5.10 Å². The van der Waals surface area contributed by atoms with Crippen molar-refractivity contribution in [2.45, 2.75) is 0 Å². The van der Waals surface area contributed by atoms with Gasteiger partial charge < -0.3 is 5.11 Å². The molecular weight excluding hydrogens is 164 g/mol. The van der Waals surface area contributed by atoms with Crippen LogP contribution in [0.3, 0.4) is 0 Å². The molecule has 2 aromatic rings. The van der Waals surface area contributed by atoms with E-state index in [1.54, 1.807) is 18.3 Å². The molecule has 0 saturated carbocycles. The molecule has 11 heavy (non-hydrogen) atoms. The maximum Gasteiger partial charge on any atom is 0.136 e. The Bertz CT molecular complexity index is 360. The van der Waals surface area contributed by atoms with Crippen molar-refractivity contribution in [3.05, 3.63) is 23.4 Å². The fourth-order valence-electron chi connectivity index (χ4n) is 0.952. The molecule has 3 nitrogen and oxygen atoms in total. The molecule has 0 fully saturated rings. The van der Waals surface area contributed by atoms with Crippen LogP contribution in [0.25, 0.3) is 10.9 Å². The zero-order valence-corrected chi connectivity index (χ0v) is 6.26. The van der Waals surface area contributed by atoms with Crippen LogP contribution in [0.1, 0.15) is 0 Å². The van der Waals surface area contributed by atoms with Crippen LogP contribution in [0.15, 0.2) is 18.3 Å². The topological polar surface area (TPSA) is 48.9 Å². The smallest absolute Gasteiger partial charge is 0.136 e. The molecule has 0 atom stereocenters. The lowest BCUT2D eigenvalue weighted by Crippen LogP contribution is -1.70. The molecule has 0 saturated heterocycles. The largest absolute Gasteiger partial charge is 0.506 e.